The van der Waals surface area contributed by atoms with Crippen molar-refractivity contribution in [2.45, 2.75) is 26.2 Å². The van der Waals surface area contributed by atoms with Crippen LogP contribution in [-0.2, 0) is 10.2 Å². The van der Waals surface area contributed by atoms with E-state index in [2.05, 4.69) is 37.9 Å². The topological polar surface area (TPSA) is 70.0 Å². The number of thioether (sulfide) groups is 1. The normalized spacial score (nSPS) is 17.6. The van der Waals surface area contributed by atoms with Gasteiger partial charge in [0.2, 0.25) is 0 Å². The number of carboxylic acid groups (broad SMARTS) is 1. The number of nitrogens with zero attached hydrogens (tertiary/aromatic N) is 2. The van der Waals surface area contributed by atoms with Gasteiger partial charge in [-0.1, -0.05) is 51.1 Å². The molecule has 0 unspecified atom stereocenters. The van der Waals surface area contributed by atoms with E-state index in [1.807, 2.05) is 18.2 Å². The molecule has 28 heavy (non-hydrogen) atoms. The molecule has 0 aromatic heterocycles. The fraction of sp³-hybridized carbons (Fsp3) is 0.227. The van der Waals surface area contributed by atoms with Crippen LogP contribution in [0.5, 0.6) is 0 Å². The summed E-state index contributed by atoms with van der Waals surface area (Å²) in [4.78, 5) is 30.2. The van der Waals surface area contributed by atoms with Crippen LogP contribution in [0.15, 0.2) is 58.4 Å². The van der Waals surface area contributed by atoms with Crippen LogP contribution in [0, 0.1) is 0 Å². The molecule has 6 heteroatoms. The Morgan fingerprint density at radius 1 is 1.14 bits per heavy atom. The van der Waals surface area contributed by atoms with Crippen LogP contribution in [0.1, 0.15) is 42.3 Å². The summed E-state index contributed by atoms with van der Waals surface area (Å²) in [5.74, 6) is -1.14. The molecule has 0 radical (unpaired) electrons. The average molecular weight is 394 g/mol. The number of amides is 1. The number of aliphatic imine (C=N–C) groups is 1. The Morgan fingerprint density at radius 2 is 1.82 bits per heavy atom. The van der Waals surface area contributed by atoms with Crippen LogP contribution in [0.2, 0.25) is 0 Å². The zero-order valence-electron chi connectivity index (χ0n) is 16.3. The highest BCUT2D eigenvalue weighted by molar-refractivity contribution is 8.18. The van der Waals surface area contributed by atoms with Gasteiger partial charge in [-0.05, 0) is 52.6 Å². The van der Waals surface area contributed by atoms with E-state index in [9.17, 15) is 9.59 Å². The summed E-state index contributed by atoms with van der Waals surface area (Å²) in [5.41, 5.74) is 2.92. The van der Waals surface area contributed by atoms with Gasteiger partial charge >= 0.3 is 5.97 Å². The number of benzene rings is 2. The van der Waals surface area contributed by atoms with Crippen molar-refractivity contribution < 1.29 is 14.7 Å². The first kappa shape index (κ1) is 19.9. The molecule has 0 bridgehead atoms. The van der Waals surface area contributed by atoms with Crippen LogP contribution in [-0.4, -0.2) is 34.1 Å². The van der Waals surface area contributed by atoms with Crippen molar-refractivity contribution in [3.63, 3.8) is 0 Å². The lowest BCUT2D eigenvalue weighted by Gasteiger charge is -2.18. The lowest BCUT2D eigenvalue weighted by Crippen LogP contribution is -2.23. The SMILES string of the molecule is CN1C(=O)/C(=C\c2ccc(C(C)(C)C)cc2)SC1=Nc1cccc(C(=O)O)c1. The minimum Gasteiger partial charge on any atom is -0.478 e. The molecule has 1 aliphatic rings. The van der Waals surface area contributed by atoms with E-state index in [1.54, 1.807) is 19.2 Å². The summed E-state index contributed by atoms with van der Waals surface area (Å²) < 4.78 is 0. The third kappa shape index (κ3) is 4.34. The lowest BCUT2D eigenvalue weighted by molar-refractivity contribution is -0.121. The second-order valence-electron chi connectivity index (χ2n) is 7.60. The van der Waals surface area contributed by atoms with Crippen LogP contribution in [0.4, 0.5) is 5.69 Å². The van der Waals surface area contributed by atoms with E-state index in [-0.39, 0.29) is 16.9 Å². The van der Waals surface area contributed by atoms with Gasteiger partial charge in [-0.25, -0.2) is 9.79 Å². The number of carbonyl (C=O) groups is 2. The van der Waals surface area contributed by atoms with Gasteiger partial charge in [0, 0.05) is 7.05 Å². The highest BCUT2D eigenvalue weighted by atomic mass is 32.2. The van der Waals surface area contributed by atoms with E-state index < -0.39 is 5.97 Å². The number of amidine groups is 1. The molecule has 0 aliphatic carbocycles. The molecule has 0 atom stereocenters. The molecule has 0 saturated carbocycles. The zero-order chi connectivity index (χ0) is 20.5. The maximum atomic E-state index is 12.6. The van der Waals surface area contributed by atoms with E-state index in [4.69, 9.17) is 5.11 Å². The van der Waals surface area contributed by atoms with Gasteiger partial charge in [-0.15, -0.1) is 0 Å². The fourth-order valence-electron chi connectivity index (χ4n) is 2.70. The number of hydrogen-bond donors (Lipinski definition) is 1. The molecule has 1 amide bonds. The molecule has 2 aromatic rings. The van der Waals surface area contributed by atoms with Gasteiger partial charge < -0.3 is 5.11 Å². The molecule has 1 aliphatic heterocycles. The number of rotatable bonds is 3. The smallest absolute Gasteiger partial charge is 0.335 e. The summed E-state index contributed by atoms with van der Waals surface area (Å²) in [6.07, 6.45) is 1.85. The van der Waals surface area contributed by atoms with Crippen molar-refractivity contribution in [3.05, 3.63) is 70.1 Å². The molecule has 3 rings (SSSR count). The highest BCUT2D eigenvalue weighted by Gasteiger charge is 2.30. The van der Waals surface area contributed by atoms with Crippen molar-refractivity contribution in [1.29, 1.82) is 0 Å². The Balaban J connectivity index is 1.86. The molecule has 1 saturated heterocycles. The standard InChI is InChI=1S/C22H22N2O3S/c1-22(2,3)16-10-8-14(9-11-16)12-18-19(25)24(4)21(28-18)23-17-7-5-6-15(13-17)20(26)27/h5-13H,1-4H3,(H,26,27)/b18-12+,23-21?. The first-order chi connectivity index (χ1) is 13.1. The summed E-state index contributed by atoms with van der Waals surface area (Å²) in [6, 6.07) is 14.5. The molecule has 2 aromatic carbocycles. The highest BCUT2D eigenvalue weighted by Crippen LogP contribution is 2.33. The van der Waals surface area contributed by atoms with Crippen LogP contribution < -0.4 is 0 Å². The van der Waals surface area contributed by atoms with Crippen LogP contribution in [0.3, 0.4) is 0 Å². The molecule has 1 fully saturated rings. The Labute approximate surface area is 168 Å². The maximum Gasteiger partial charge on any atom is 0.335 e. The van der Waals surface area contributed by atoms with Gasteiger partial charge in [0.1, 0.15) is 0 Å². The van der Waals surface area contributed by atoms with Gasteiger partial charge in [-0.2, -0.15) is 0 Å². The summed E-state index contributed by atoms with van der Waals surface area (Å²) >= 11 is 1.28. The summed E-state index contributed by atoms with van der Waals surface area (Å²) in [6.45, 7) is 6.48. The molecule has 1 N–H and O–H groups in total. The van der Waals surface area contributed by atoms with Crippen molar-refractivity contribution in [2.24, 2.45) is 4.99 Å². The van der Waals surface area contributed by atoms with Gasteiger partial charge in [0.25, 0.3) is 5.91 Å². The van der Waals surface area contributed by atoms with E-state index in [0.29, 0.717) is 15.8 Å². The Kier molecular flexibility index (Phi) is 5.42. The van der Waals surface area contributed by atoms with Gasteiger partial charge in [-0.3, -0.25) is 9.69 Å². The number of carbonyl (C=O) groups excluding carboxylic acids is 1. The third-order valence-electron chi connectivity index (χ3n) is 4.40. The van der Waals surface area contributed by atoms with Gasteiger partial charge in [0.15, 0.2) is 5.17 Å². The second kappa shape index (κ2) is 7.64. The Morgan fingerprint density at radius 3 is 2.43 bits per heavy atom. The van der Waals surface area contributed by atoms with E-state index >= 15 is 0 Å². The van der Waals surface area contributed by atoms with Crippen molar-refractivity contribution in [1.82, 2.24) is 4.90 Å². The third-order valence-corrected chi connectivity index (χ3v) is 5.46. The molecule has 0 spiro atoms. The number of carboxylic acids is 1. The molecular weight excluding hydrogens is 372 g/mol. The largest absolute Gasteiger partial charge is 0.478 e. The quantitative estimate of drug-likeness (QED) is 0.751. The maximum absolute atomic E-state index is 12.6. The zero-order valence-corrected chi connectivity index (χ0v) is 17.1. The van der Waals surface area contributed by atoms with Crippen molar-refractivity contribution in [2.75, 3.05) is 7.05 Å². The predicted molar refractivity (Wildman–Crippen MR) is 114 cm³/mol. The number of hydrogen-bond acceptors (Lipinski definition) is 4. The van der Waals surface area contributed by atoms with Crippen molar-refractivity contribution in [3.8, 4) is 0 Å². The fourth-order valence-corrected chi connectivity index (χ4v) is 3.69. The first-order valence-electron chi connectivity index (χ1n) is 8.85. The Bertz CT molecular complexity index is 986. The van der Waals surface area contributed by atoms with E-state index in [0.717, 1.165) is 5.56 Å². The average Bonchev–Trinajstić information content (AvgIpc) is 2.89. The molecule has 5 nitrogen and oxygen atoms in total. The minimum absolute atomic E-state index is 0.0775. The first-order valence-corrected chi connectivity index (χ1v) is 9.67. The van der Waals surface area contributed by atoms with Crippen LogP contribution in [0.25, 0.3) is 6.08 Å². The Hall–Kier alpha value is -2.86. The predicted octanol–water partition coefficient (Wildman–Crippen LogP) is 4.92. The number of aromatic carboxylic acids is 1. The minimum atomic E-state index is -1.01. The van der Waals surface area contributed by atoms with E-state index in [1.165, 1.54) is 34.4 Å². The van der Waals surface area contributed by atoms with Crippen LogP contribution >= 0.6 is 11.8 Å². The number of likely N-dealkylation sites (N-methyl/N-ethyl adjacent to an activating group) is 1. The summed E-state index contributed by atoms with van der Waals surface area (Å²) in [7, 11) is 1.67. The van der Waals surface area contributed by atoms with Gasteiger partial charge in [0.05, 0.1) is 16.2 Å². The monoisotopic (exact) mass is 394 g/mol. The molecule has 1 heterocycles. The lowest BCUT2D eigenvalue weighted by atomic mass is 9.87. The molecular formula is C22H22N2O3S. The second-order valence-corrected chi connectivity index (χ2v) is 8.61. The summed E-state index contributed by atoms with van der Waals surface area (Å²) in [5, 5.41) is 9.63. The molecule has 144 valence electrons. The van der Waals surface area contributed by atoms with Crippen molar-refractivity contribution >= 4 is 40.6 Å².